The fourth-order valence-electron chi connectivity index (χ4n) is 2.39. The lowest BCUT2D eigenvalue weighted by atomic mass is 9.98. The van der Waals surface area contributed by atoms with Crippen molar-refractivity contribution in [1.29, 1.82) is 0 Å². The summed E-state index contributed by atoms with van der Waals surface area (Å²) in [6.45, 7) is 3.42. The van der Waals surface area contributed by atoms with Crippen molar-refractivity contribution in [3.05, 3.63) is 35.4 Å². The van der Waals surface area contributed by atoms with Crippen LogP contribution in [0.3, 0.4) is 0 Å². The van der Waals surface area contributed by atoms with Gasteiger partial charge in [0.15, 0.2) is 0 Å². The van der Waals surface area contributed by atoms with E-state index in [1.165, 1.54) is 18.2 Å². The van der Waals surface area contributed by atoms with Gasteiger partial charge in [0.05, 0.1) is 12.1 Å². The van der Waals surface area contributed by atoms with Crippen LogP contribution in [0.5, 0.6) is 0 Å². The molecule has 0 radical (unpaired) electrons. The number of ether oxygens (including phenoxy) is 1. The smallest absolute Gasteiger partial charge is 0.131 e. The zero-order valence-corrected chi connectivity index (χ0v) is 10.6. The topological polar surface area (TPSA) is 21.3 Å². The number of nitrogens with one attached hydrogen (secondary N) is 1. The highest BCUT2D eigenvalue weighted by Gasteiger charge is 2.30. The number of hydrogen-bond acceptors (Lipinski definition) is 2. The molecule has 0 amide bonds. The predicted molar refractivity (Wildman–Crippen MR) is 66.4 cm³/mol. The second-order valence-corrected chi connectivity index (χ2v) is 4.62. The van der Waals surface area contributed by atoms with Crippen LogP contribution in [0.4, 0.5) is 8.78 Å². The molecule has 1 aliphatic heterocycles. The van der Waals surface area contributed by atoms with E-state index in [9.17, 15) is 8.78 Å². The third kappa shape index (κ3) is 2.87. The van der Waals surface area contributed by atoms with Crippen molar-refractivity contribution in [2.24, 2.45) is 0 Å². The lowest BCUT2D eigenvalue weighted by Crippen LogP contribution is -2.33. The monoisotopic (exact) mass is 255 g/mol. The minimum absolute atomic E-state index is 0.109. The number of halogens is 2. The van der Waals surface area contributed by atoms with Gasteiger partial charge in [-0.25, -0.2) is 8.78 Å². The van der Waals surface area contributed by atoms with Crippen LogP contribution in [-0.4, -0.2) is 19.3 Å². The first-order valence-corrected chi connectivity index (χ1v) is 6.53. The average Bonchev–Trinajstić information content (AvgIpc) is 2.86. The Morgan fingerprint density at radius 1 is 1.39 bits per heavy atom. The van der Waals surface area contributed by atoms with Gasteiger partial charge in [0.25, 0.3) is 0 Å². The van der Waals surface area contributed by atoms with Gasteiger partial charge in [0.2, 0.25) is 0 Å². The van der Waals surface area contributed by atoms with Crippen LogP contribution in [0.1, 0.15) is 37.8 Å². The first-order chi connectivity index (χ1) is 8.74. The van der Waals surface area contributed by atoms with E-state index in [0.717, 1.165) is 25.8 Å². The lowest BCUT2D eigenvalue weighted by molar-refractivity contribution is 0.0759. The van der Waals surface area contributed by atoms with E-state index in [-0.39, 0.29) is 11.7 Å². The Balaban J connectivity index is 2.26. The van der Waals surface area contributed by atoms with Gasteiger partial charge in [0.1, 0.15) is 11.6 Å². The molecule has 4 heteroatoms. The Morgan fingerprint density at radius 3 is 2.67 bits per heavy atom. The molecule has 0 aromatic heterocycles. The third-order valence-corrected chi connectivity index (χ3v) is 3.26. The molecule has 0 bridgehead atoms. The fraction of sp³-hybridized carbons (Fsp3) is 0.571. The predicted octanol–water partition coefficient (Wildman–Crippen LogP) is 3.18. The molecule has 2 rings (SSSR count). The van der Waals surface area contributed by atoms with E-state index >= 15 is 0 Å². The van der Waals surface area contributed by atoms with Crippen molar-refractivity contribution < 1.29 is 13.5 Å². The molecule has 1 fully saturated rings. The van der Waals surface area contributed by atoms with Gasteiger partial charge < -0.3 is 10.1 Å². The van der Waals surface area contributed by atoms with Crippen LogP contribution in [-0.2, 0) is 4.74 Å². The molecule has 0 spiro atoms. The van der Waals surface area contributed by atoms with Crippen LogP contribution in [0.2, 0.25) is 0 Å². The Kier molecular flexibility index (Phi) is 4.66. The summed E-state index contributed by atoms with van der Waals surface area (Å²) in [4.78, 5) is 0. The van der Waals surface area contributed by atoms with Crippen molar-refractivity contribution in [2.75, 3.05) is 13.2 Å². The molecule has 0 aliphatic carbocycles. The van der Waals surface area contributed by atoms with E-state index in [1.807, 2.05) is 6.92 Å². The van der Waals surface area contributed by atoms with Gasteiger partial charge in [0, 0.05) is 12.2 Å². The Labute approximate surface area is 106 Å². The maximum Gasteiger partial charge on any atom is 0.131 e. The molecular weight excluding hydrogens is 236 g/mol. The summed E-state index contributed by atoms with van der Waals surface area (Å²) in [6, 6.07) is 3.59. The summed E-state index contributed by atoms with van der Waals surface area (Å²) in [6.07, 6.45) is 2.57. The van der Waals surface area contributed by atoms with Crippen molar-refractivity contribution >= 4 is 0 Å². The minimum atomic E-state index is -0.501. The normalized spacial score (nSPS) is 21.2. The third-order valence-electron chi connectivity index (χ3n) is 3.26. The lowest BCUT2D eigenvalue weighted by Gasteiger charge is -2.25. The molecular formula is C14H19F2NO. The zero-order chi connectivity index (χ0) is 13.0. The SMILES string of the molecule is CCCNC(c1c(F)cccc1F)C1CCCO1. The number of hydrogen-bond donors (Lipinski definition) is 1. The van der Waals surface area contributed by atoms with Crippen molar-refractivity contribution in [2.45, 2.75) is 38.3 Å². The van der Waals surface area contributed by atoms with E-state index in [4.69, 9.17) is 4.74 Å². The molecule has 1 aromatic rings. The number of rotatable bonds is 5. The van der Waals surface area contributed by atoms with Gasteiger partial charge in [-0.2, -0.15) is 0 Å². The maximum atomic E-state index is 13.8. The summed E-state index contributed by atoms with van der Waals surface area (Å²) < 4.78 is 33.3. The Hall–Kier alpha value is -1.00. The van der Waals surface area contributed by atoms with Crippen LogP contribution in [0, 0.1) is 11.6 Å². The first-order valence-electron chi connectivity index (χ1n) is 6.53. The molecule has 0 saturated carbocycles. The van der Waals surface area contributed by atoms with Crippen LogP contribution in [0.15, 0.2) is 18.2 Å². The van der Waals surface area contributed by atoms with E-state index in [0.29, 0.717) is 6.61 Å². The Bertz CT molecular complexity index is 371. The zero-order valence-electron chi connectivity index (χ0n) is 10.6. The van der Waals surface area contributed by atoms with E-state index in [2.05, 4.69) is 5.32 Å². The molecule has 18 heavy (non-hydrogen) atoms. The molecule has 2 nitrogen and oxygen atoms in total. The fourth-order valence-corrected chi connectivity index (χ4v) is 2.39. The molecule has 1 heterocycles. The Morgan fingerprint density at radius 2 is 2.11 bits per heavy atom. The molecule has 1 saturated heterocycles. The summed E-state index contributed by atoms with van der Waals surface area (Å²) >= 11 is 0. The summed E-state index contributed by atoms with van der Waals surface area (Å²) in [5, 5.41) is 3.20. The van der Waals surface area contributed by atoms with Gasteiger partial charge in [-0.15, -0.1) is 0 Å². The first kappa shape index (κ1) is 13.4. The molecule has 1 aliphatic rings. The van der Waals surface area contributed by atoms with Gasteiger partial charge in [-0.05, 0) is 37.9 Å². The van der Waals surface area contributed by atoms with Gasteiger partial charge >= 0.3 is 0 Å². The van der Waals surface area contributed by atoms with E-state index in [1.54, 1.807) is 0 Å². The minimum Gasteiger partial charge on any atom is -0.376 e. The second kappa shape index (κ2) is 6.25. The van der Waals surface area contributed by atoms with Crippen molar-refractivity contribution in [3.63, 3.8) is 0 Å². The summed E-state index contributed by atoms with van der Waals surface area (Å²) in [5.41, 5.74) is 0.109. The maximum absolute atomic E-state index is 13.8. The summed E-state index contributed by atoms with van der Waals surface area (Å²) in [7, 11) is 0. The van der Waals surface area contributed by atoms with Crippen molar-refractivity contribution in [3.8, 4) is 0 Å². The highest BCUT2D eigenvalue weighted by atomic mass is 19.1. The van der Waals surface area contributed by atoms with E-state index < -0.39 is 17.7 Å². The highest BCUT2D eigenvalue weighted by molar-refractivity contribution is 5.24. The molecule has 1 aromatic carbocycles. The van der Waals surface area contributed by atoms with Crippen molar-refractivity contribution in [1.82, 2.24) is 5.32 Å². The number of benzene rings is 1. The average molecular weight is 255 g/mol. The molecule has 100 valence electrons. The second-order valence-electron chi connectivity index (χ2n) is 4.62. The van der Waals surface area contributed by atoms with Crippen LogP contribution in [0.25, 0.3) is 0 Å². The van der Waals surface area contributed by atoms with Crippen LogP contribution >= 0.6 is 0 Å². The largest absolute Gasteiger partial charge is 0.376 e. The highest BCUT2D eigenvalue weighted by Crippen LogP contribution is 2.30. The standard InChI is InChI=1S/C14H19F2NO/c1-2-8-17-14(12-7-4-9-18-12)13-10(15)5-3-6-11(13)16/h3,5-6,12,14,17H,2,4,7-9H2,1H3. The molecule has 2 unspecified atom stereocenters. The molecule has 2 atom stereocenters. The summed E-state index contributed by atoms with van der Waals surface area (Å²) in [5.74, 6) is -1.00. The van der Waals surface area contributed by atoms with Gasteiger partial charge in [-0.3, -0.25) is 0 Å². The van der Waals surface area contributed by atoms with Gasteiger partial charge in [-0.1, -0.05) is 13.0 Å². The quantitative estimate of drug-likeness (QED) is 0.872. The molecule has 1 N–H and O–H groups in total. The van der Waals surface area contributed by atoms with Crippen LogP contribution < -0.4 is 5.32 Å².